The lowest BCUT2D eigenvalue weighted by atomic mass is 10.1. The predicted octanol–water partition coefficient (Wildman–Crippen LogP) is 1.55. The minimum atomic E-state index is -0.620. The lowest BCUT2D eigenvalue weighted by Gasteiger charge is -2.09. The number of rotatable bonds is 2. The van der Waals surface area contributed by atoms with E-state index < -0.39 is 6.04 Å². The van der Waals surface area contributed by atoms with Gasteiger partial charge in [-0.1, -0.05) is 12.1 Å². The molecule has 0 aliphatic carbocycles. The van der Waals surface area contributed by atoms with Gasteiger partial charge >= 0.3 is 0 Å². The Bertz CT molecular complexity index is 280. The van der Waals surface area contributed by atoms with E-state index in [0.717, 1.165) is 5.56 Å². The second-order valence-corrected chi connectivity index (χ2v) is 2.81. The summed E-state index contributed by atoms with van der Waals surface area (Å²) in [6, 6.07) is 4.16. The Labute approximate surface area is 83.0 Å². The van der Waals surface area contributed by atoms with Gasteiger partial charge in [-0.3, -0.25) is 0 Å². The lowest BCUT2D eigenvalue weighted by molar-refractivity contribution is 0.265. The zero-order chi connectivity index (χ0) is 9.14. The van der Waals surface area contributed by atoms with Crippen molar-refractivity contribution < 1.29 is 9.50 Å². The number of aliphatic hydroxyl groups excluding tert-OH is 1. The first-order chi connectivity index (χ1) is 5.65. The Hall–Kier alpha value is -0.640. The van der Waals surface area contributed by atoms with Crippen molar-refractivity contribution >= 4 is 12.4 Å². The number of hydrogen-bond acceptors (Lipinski definition) is 2. The Balaban J connectivity index is 0.00000144. The van der Waals surface area contributed by atoms with Gasteiger partial charge in [0.2, 0.25) is 0 Å². The largest absolute Gasteiger partial charge is 0.394 e. The molecule has 1 aromatic carbocycles. The summed E-state index contributed by atoms with van der Waals surface area (Å²) in [6.45, 7) is 1.57. The average molecular weight is 206 g/mol. The van der Waals surface area contributed by atoms with Gasteiger partial charge in [-0.15, -0.1) is 12.4 Å². The smallest absolute Gasteiger partial charge is 0.128 e. The molecule has 0 aliphatic heterocycles. The van der Waals surface area contributed by atoms with Crippen LogP contribution in [0.4, 0.5) is 4.39 Å². The molecule has 0 amide bonds. The molecule has 0 bridgehead atoms. The van der Waals surface area contributed by atoms with Gasteiger partial charge in [0.15, 0.2) is 0 Å². The molecule has 0 spiro atoms. The van der Waals surface area contributed by atoms with Crippen molar-refractivity contribution in [3.63, 3.8) is 0 Å². The molecule has 1 unspecified atom stereocenters. The summed E-state index contributed by atoms with van der Waals surface area (Å²) in [5, 5.41) is 8.69. The number of aryl methyl sites for hydroxylation is 1. The summed E-state index contributed by atoms with van der Waals surface area (Å²) in [5.41, 5.74) is 6.67. The van der Waals surface area contributed by atoms with Gasteiger partial charge < -0.3 is 10.8 Å². The molecular weight excluding hydrogens is 193 g/mol. The van der Waals surface area contributed by atoms with Gasteiger partial charge in [-0.25, -0.2) is 4.39 Å². The van der Waals surface area contributed by atoms with Crippen molar-refractivity contribution in [3.8, 4) is 0 Å². The fourth-order valence-corrected chi connectivity index (χ4v) is 1.03. The Morgan fingerprint density at radius 1 is 1.54 bits per heavy atom. The fraction of sp³-hybridized carbons (Fsp3) is 0.333. The summed E-state index contributed by atoms with van der Waals surface area (Å²) in [6.07, 6.45) is 0. The van der Waals surface area contributed by atoms with Crippen LogP contribution in [0.2, 0.25) is 0 Å². The zero-order valence-electron chi connectivity index (χ0n) is 7.33. The van der Waals surface area contributed by atoms with Crippen LogP contribution in [0.25, 0.3) is 0 Å². The molecule has 0 aromatic heterocycles. The van der Waals surface area contributed by atoms with Crippen molar-refractivity contribution in [1.29, 1.82) is 0 Å². The maximum Gasteiger partial charge on any atom is 0.128 e. The molecule has 13 heavy (non-hydrogen) atoms. The first kappa shape index (κ1) is 12.4. The number of benzene rings is 1. The van der Waals surface area contributed by atoms with Crippen molar-refractivity contribution in [2.75, 3.05) is 6.61 Å². The van der Waals surface area contributed by atoms with Crippen molar-refractivity contribution in [3.05, 3.63) is 35.1 Å². The molecule has 2 nitrogen and oxygen atoms in total. The minimum Gasteiger partial charge on any atom is -0.394 e. The molecule has 0 aliphatic rings. The van der Waals surface area contributed by atoms with Gasteiger partial charge in [0.05, 0.1) is 12.6 Å². The van der Waals surface area contributed by atoms with E-state index in [-0.39, 0.29) is 24.8 Å². The van der Waals surface area contributed by atoms with E-state index in [0.29, 0.717) is 5.56 Å². The van der Waals surface area contributed by atoms with Gasteiger partial charge in [-0.05, 0) is 18.6 Å². The summed E-state index contributed by atoms with van der Waals surface area (Å²) >= 11 is 0. The predicted molar refractivity (Wildman–Crippen MR) is 52.4 cm³/mol. The summed E-state index contributed by atoms with van der Waals surface area (Å²) in [4.78, 5) is 0. The number of halogens is 2. The second-order valence-electron chi connectivity index (χ2n) is 2.81. The van der Waals surface area contributed by atoms with Gasteiger partial charge in [0.25, 0.3) is 0 Å². The van der Waals surface area contributed by atoms with Gasteiger partial charge in [-0.2, -0.15) is 0 Å². The van der Waals surface area contributed by atoms with Crippen molar-refractivity contribution in [1.82, 2.24) is 0 Å². The van der Waals surface area contributed by atoms with Crippen LogP contribution < -0.4 is 5.73 Å². The molecule has 3 N–H and O–H groups in total. The van der Waals surface area contributed by atoms with Crippen LogP contribution in [0, 0.1) is 12.7 Å². The van der Waals surface area contributed by atoms with Crippen LogP contribution >= 0.6 is 12.4 Å². The number of hydrogen-bond donors (Lipinski definition) is 2. The Morgan fingerprint density at radius 2 is 2.15 bits per heavy atom. The second kappa shape index (κ2) is 5.17. The van der Waals surface area contributed by atoms with E-state index in [1.807, 2.05) is 0 Å². The topological polar surface area (TPSA) is 46.2 Å². The lowest BCUT2D eigenvalue weighted by Crippen LogP contribution is -2.16. The van der Waals surface area contributed by atoms with E-state index in [9.17, 15) is 4.39 Å². The first-order valence-corrected chi connectivity index (χ1v) is 3.77. The van der Waals surface area contributed by atoms with E-state index in [4.69, 9.17) is 10.8 Å². The van der Waals surface area contributed by atoms with Crippen LogP contribution in [0.1, 0.15) is 17.2 Å². The summed E-state index contributed by atoms with van der Waals surface area (Å²) in [5.74, 6) is -0.350. The summed E-state index contributed by atoms with van der Waals surface area (Å²) < 4.78 is 13.1. The average Bonchev–Trinajstić information content (AvgIpc) is 2.03. The molecular formula is C9H13ClFNO. The van der Waals surface area contributed by atoms with E-state index in [1.165, 1.54) is 6.07 Å². The van der Waals surface area contributed by atoms with Crippen molar-refractivity contribution in [2.24, 2.45) is 5.73 Å². The van der Waals surface area contributed by atoms with Crippen LogP contribution in [-0.2, 0) is 0 Å². The highest BCUT2D eigenvalue weighted by Crippen LogP contribution is 2.15. The van der Waals surface area contributed by atoms with Gasteiger partial charge in [0.1, 0.15) is 5.82 Å². The first-order valence-electron chi connectivity index (χ1n) is 3.77. The number of nitrogens with two attached hydrogens (primary N) is 1. The minimum absolute atomic E-state index is 0. The SMILES string of the molecule is Cc1ccc(C(N)CO)c(F)c1.Cl. The molecule has 74 valence electrons. The van der Waals surface area contributed by atoms with Crippen LogP contribution in [-0.4, -0.2) is 11.7 Å². The third-order valence-electron chi connectivity index (χ3n) is 1.75. The molecule has 0 fully saturated rings. The summed E-state index contributed by atoms with van der Waals surface area (Å²) in [7, 11) is 0. The molecule has 1 rings (SSSR count). The maximum atomic E-state index is 13.1. The maximum absolute atomic E-state index is 13.1. The molecule has 0 radical (unpaired) electrons. The van der Waals surface area contributed by atoms with E-state index in [2.05, 4.69) is 0 Å². The standard InChI is InChI=1S/C9H12FNO.ClH/c1-6-2-3-7(8(10)4-6)9(11)5-12;/h2-4,9,12H,5,11H2,1H3;1H. The Morgan fingerprint density at radius 3 is 2.62 bits per heavy atom. The van der Waals surface area contributed by atoms with Crippen molar-refractivity contribution in [2.45, 2.75) is 13.0 Å². The highest BCUT2D eigenvalue weighted by atomic mass is 35.5. The monoisotopic (exact) mass is 205 g/mol. The third-order valence-corrected chi connectivity index (χ3v) is 1.75. The van der Waals surface area contributed by atoms with Gasteiger partial charge in [0, 0.05) is 5.56 Å². The molecule has 0 heterocycles. The van der Waals surface area contributed by atoms with Crippen LogP contribution in [0.3, 0.4) is 0 Å². The van der Waals surface area contributed by atoms with E-state index in [1.54, 1.807) is 19.1 Å². The highest BCUT2D eigenvalue weighted by molar-refractivity contribution is 5.85. The Kier molecular flexibility index (Phi) is 4.91. The highest BCUT2D eigenvalue weighted by Gasteiger charge is 2.09. The normalized spacial score (nSPS) is 12.0. The molecule has 4 heteroatoms. The van der Waals surface area contributed by atoms with E-state index >= 15 is 0 Å². The fourth-order valence-electron chi connectivity index (χ4n) is 1.03. The molecule has 1 atom stereocenters. The molecule has 0 saturated heterocycles. The number of aliphatic hydroxyl groups is 1. The molecule has 1 aromatic rings. The third kappa shape index (κ3) is 2.95. The van der Waals surface area contributed by atoms with Crippen LogP contribution in [0.15, 0.2) is 18.2 Å². The quantitative estimate of drug-likeness (QED) is 0.770. The zero-order valence-corrected chi connectivity index (χ0v) is 8.14. The van der Waals surface area contributed by atoms with Crippen LogP contribution in [0.5, 0.6) is 0 Å². The molecule has 0 saturated carbocycles.